The second-order valence-corrected chi connectivity index (χ2v) is 8.62. The Morgan fingerprint density at radius 3 is 1.67 bits per heavy atom. The molecule has 3 rings (SSSR count). The minimum atomic E-state index is -0.665. The van der Waals surface area contributed by atoms with E-state index in [2.05, 4.69) is 6.58 Å². The summed E-state index contributed by atoms with van der Waals surface area (Å²) < 4.78 is 10.6. The number of ether oxygens (including phenoxy) is 2. The van der Waals surface area contributed by atoms with Crippen LogP contribution in [-0.2, 0) is 14.4 Å². The summed E-state index contributed by atoms with van der Waals surface area (Å²) in [5.41, 5.74) is 0.316. The second-order valence-electron chi connectivity index (χ2n) is 8.62. The quantitative estimate of drug-likeness (QED) is 0.410. The predicted molar refractivity (Wildman–Crippen MR) is 111 cm³/mol. The molecule has 0 bridgehead atoms. The van der Waals surface area contributed by atoms with Crippen molar-refractivity contribution >= 4 is 17.9 Å². The van der Waals surface area contributed by atoms with Crippen molar-refractivity contribution in [2.45, 2.75) is 58.3 Å². The van der Waals surface area contributed by atoms with Gasteiger partial charge >= 0.3 is 17.9 Å². The summed E-state index contributed by atoms with van der Waals surface area (Å²) in [7, 11) is 0. The molecule has 6 heteroatoms. The Labute approximate surface area is 177 Å². The van der Waals surface area contributed by atoms with E-state index in [-0.39, 0.29) is 17.8 Å². The molecule has 0 aromatic heterocycles. The molecule has 0 spiro atoms. The van der Waals surface area contributed by atoms with Crippen LogP contribution in [0.4, 0.5) is 0 Å². The molecule has 1 N–H and O–H groups in total. The van der Waals surface area contributed by atoms with Gasteiger partial charge in [-0.05, 0) is 94.4 Å². The molecule has 6 nitrogen and oxygen atoms in total. The van der Waals surface area contributed by atoms with Gasteiger partial charge in [0, 0.05) is 5.57 Å². The van der Waals surface area contributed by atoms with E-state index >= 15 is 0 Å². The van der Waals surface area contributed by atoms with E-state index in [0.29, 0.717) is 28.9 Å². The highest BCUT2D eigenvalue weighted by Crippen LogP contribution is 2.41. The lowest BCUT2D eigenvalue weighted by molar-refractivity contribution is -0.144. The van der Waals surface area contributed by atoms with Crippen LogP contribution in [0.3, 0.4) is 0 Å². The number of aliphatic carboxylic acids is 1. The number of carboxylic acids is 1. The molecule has 0 heterocycles. The third-order valence-corrected chi connectivity index (χ3v) is 6.49. The summed E-state index contributed by atoms with van der Waals surface area (Å²) in [6, 6.07) is 6.42. The van der Waals surface area contributed by atoms with Gasteiger partial charge in [-0.3, -0.25) is 9.59 Å². The topological polar surface area (TPSA) is 89.9 Å². The number of hydrogen-bond donors (Lipinski definition) is 1. The highest BCUT2D eigenvalue weighted by molar-refractivity contribution is 5.88. The van der Waals surface area contributed by atoms with Crippen molar-refractivity contribution in [1.29, 1.82) is 0 Å². The number of hydrogen-bond acceptors (Lipinski definition) is 5. The molecule has 30 heavy (non-hydrogen) atoms. The first kappa shape index (κ1) is 22.1. The molecule has 2 aliphatic carbocycles. The molecule has 2 fully saturated rings. The minimum Gasteiger partial charge on any atom is -0.481 e. The van der Waals surface area contributed by atoms with Gasteiger partial charge in [0.2, 0.25) is 0 Å². The van der Waals surface area contributed by atoms with E-state index in [0.717, 1.165) is 51.4 Å². The summed E-state index contributed by atoms with van der Waals surface area (Å²) in [6.07, 6.45) is 7.15. The van der Waals surface area contributed by atoms with Gasteiger partial charge in [0.05, 0.1) is 11.8 Å². The highest BCUT2D eigenvalue weighted by atomic mass is 16.5. The van der Waals surface area contributed by atoms with Crippen LogP contribution < -0.4 is 9.47 Å². The average molecular weight is 414 g/mol. The number of rotatable bonds is 6. The molecular weight excluding hydrogens is 384 g/mol. The van der Waals surface area contributed by atoms with Gasteiger partial charge in [-0.2, -0.15) is 0 Å². The fourth-order valence-corrected chi connectivity index (χ4v) is 4.63. The molecule has 2 saturated carbocycles. The third-order valence-electron chi connectivity index (χ3n) is 6.49. The van der Waals surface area contributed by atoms with Gasteiger partial charge in [0.1, 0.15) is 11.5 Å². The summed E-state index contributed by atoms with van der Waals surface area (Å²) in [6.45, 7) is 5.12. The standard InChI is InChI=1S/C24H30O6/c1-15(2)23(27)29-20-11-13-21(14-12-20)30-24(28)19-9-5-17(6-10-19)16-3-7-18(8-4-16)22(25)26/h11-14,16-19H,1,3-10H2,2H3,(H,25,26). The SMILES string of the molecule is C=C(C)C(=O)Oc1ccc(OC(=O)C2CCC(C3CCC(C(=O)O)CC3)CC2)cc1. The van der Waals surface area contributed by atoms with E-state index in [1.807, 2.05) is 0 Å². The second kappa shape index (κ2) is 9.92. The van der Waals surface area contributed by atoms with Crippen LogP contribution in [-0.4, -0.2) is 23.0 Å². The van der Waals surface area contributed by atoms with Crippen molar-refractivity contribution in [3.63, 3.8) is 0 Å². The van der Waals surface area contributed by atoms with Crippen LogP contribution in [0.5, 0.6) is 11.5 Å². The fraction of sp³-hybridized carbons (Fsp3) is 0.542. The van der Waals surface area contributed by atoms with Gasteiger partial charge in [-0.25, -0.2) is 4.79 Å². The maximum Gasteiger partial charge on any atom is 0.338 e. The first-order valence-corrected chi connectivity index (χ1v) is 10.8. The van der Waals surface area contributed by atoms with Crippen molar-refractivity contribution in [1.82, 2.24) is 0 Å². The summed E-state index contributed by atoms with van der Waals surface area (Å²) in [5, 5.41) is 9.15. The van der Waals surface area contributed by atoms with Crippen molar-refractivity contribution in [2.75, 3.05) is 0 Å². The Morgan fingerprint density at radius 2 is 1.23 bits per heavy atom. The van der Waals surface area contributed by atoms with Gasteiger partial charge in [-0.1, -0.05) is 6.58 Å². The lowest BCUT2D eigenvalue weighted by Gasteiger charge is -2.36. The Bertz CT molecular complexity index is 780. The van der Waals surface area contributed by atoms with E-state index in [9.17, 15) is 14.4 Å². The Balaban J connectivity index is 1.44. The van der Waals surface area contributed by atoms with Crippen LogP contribution in [0.1, 0.15) is 58.3 Å². The fourth-order valence-electron chi connectivity index (χ4n) is 4.63. The first-order chi connectivity index (χ1) is 14.3. The zero-order valence-corrected chi connectivity index (χ0v) is 17.5. The zero-order valence-electron chi connectivity index (χ0n) is 17.5. The highest BCUT2D eigenvalue weighted by Gasteiger charge is 2.34. The smallest absolute Gasteiger partial charge is 0.338 e. The Kier molecular flexibility index (Phi) is 7.29. The minimum absolute atomic E-state index is 0.0995. The largest absolute Gasteiger partial charge is 0.481 e. The predicted octanol–water partition coefficient (Wildman–Crippen LogP) is 4.77. The van der Waals surface area contributed by atoms with E-state index in [1.54, 1.807) is 31.2 Å². The zero-order chi connectivity index (χ0) is 21.7. The molecule has 1 aromatic rings. The molecule has 0 unspecified atom stereocenters. The molecule has 162 valence electrons. The van der Waals surface area contributed by atoms with Crippen LogP contribution in [0.25, 0.3) is 0 Å². The number of carboxylic acid groups (broad SMARTS) is 1. The molecule has 0 atom stereocenters. The lowest BCUT2D eigenvalue weighted by atomic mass is 9.69. The molecule has 0 saturated heterocycles. The normalized spacial score (nSPS) is 26.4. The molecule has 1 aromatic carbocycles. The van der Waals surface area contributed by atoms with Gasteiger partial charge in [0.15, 0.2) is 0 Å². The average Bonchev–Trinajstić information content (AvgIpc) is 2.75. The van der Waals surface area contributed by atoms with Crippen molar-refractivity contribution in [3.8, 4) is 11.5 Å². The van der Waals surface area contributed by atoms with Gasteiger partial charge in [-0.15, -0.1) is 0 Å². The molecule has 0 aliphatic heterocycles. The van der Waals surface area contributed by atoms with Crippen LogP contribution in [0, 0.1) is 23.7 Å². The van der Waals surface area contributed by atoms with Crippen molar-refractivity contribution in [2.24, 2.45) is 23.7 Å². The van der Waals surface area contributed by atoms with Crippen LogP contribution in [0.15, 0.2) is 36.4 Å². The van der Waals surface area contributed by atoms with Crippen molar-refractivity contribution in [3.05, 3.63) is 36.4 Å². The van der Waals surface area contributed by atoms with Gasteiger partial charge in [0.25, 0.3) is 0 Å². The third kappa shape index (κ3) is 5.71. The Morgan fingerprint density at radius 1 is 0.800 bits per heavy atom. The summed E-state index contributed by atoms with van der Waals surface area (Å²) in [4.78, 5) is 35.2. The summed E-state index contributed by atoms with van der Waals surface area (Å²) in [5.74, 6) is 0.341. The van der Waals surface area contributed by atoms with Crippen LogP contribution in [0.2, 0.25) is 0 Å². The van der Waals surface area contributed by atoms with E-state index in [4.69, 9.17) is 14.6 Å². The summed E-state index contributed by atoms with van der Waals surface area (Å²) >= 11 is 0. The maximum absolute atomic E-state index is 12.5. The number of carbonyl (C=O) groups is 3. The number of carbonyl (C=O) groups excluding carboxylic acids is 2. The number of benzene rings is 1. The van der Waals surface area contributed by atoms with E-state index in [1.165, 1.54) is 0 Å². The maximum atomic E-state index is 12.5. The first-order valence-electron chi connectivity index (χ1n) is 10.8. The Hall–Kier alpha value is -2.63. The number of esters is 2. The van der Waals surface area contributed by atoms with Crippen molar-refractivity contribution < 1.29 is 29.0 Å². The molecular formula is C24H30O6. The molecule has 2 aliphatic rings. The molecule has 0 amide bonds. The lowest BCUT2D eigenvalue weighted by Crippen LogP contribution is -2.31. The van der Waals surface area contributed by atoms with E-state index < -0.39 is 11.9 Å². The van der Waals surface area contributed by atoms with Gasteiger partial charge < -0.3 is 14.6 Å². The molecule has 0 radical (unpaired) electrons. The monoisotopic (exact) mass is 414 g/mol. The van der Waals surface area contributed by atoms with Crippen LogP contribution >= 0.6 is 0 Å².